The Morgan fingerprint density at radius 3 is 2.61 bits per heavy atom. The Balaban J connectivity index is 2.69. The largest absolute Gasteiger partial charge is 0.480 e. The van der Waals surface area contributed by atoms with Gasteiger partial charge in [-0.15, -0.1) is 11.3 Å². The maximum Gasteiger partial charge on any atom is 0.317 e. The van der Waals surface area contributed by atoms with Crippen molar-refractivity contribution >= 4 is 17.3 Å². The number of carboxylic acids is 1. The second-order valence-electron chi connectivity index (χ2n) is 5.49. The van der Waals surface area contributed by atoms with Crippen LogP contribution in [0.3, 0.4) is 0 Å². The van der Waals surface area contributed by atoms with Crippen LogP contribution in [0, 0.1) is 0 Å². The molecule has 0 saturated heterocycles. The summed E-state index contributed by atoms with van der Waals surface area (Å²) in [7, 11) is 0. The summed E-state index contributed by atoms with van der Waals surface area (Å²) >= 11 is 1.68. The monoisotopic (exact) mass is 270 g/mol. The normalized spacial score (nSPS) is 12.1. The molecule has 0 spiro atoms. The van der Waals surface area contributed by atoms with Crippen LogP contribution in [0.15, 0.2) is 6.20 Å². The summed E-state index contributed by atoms with van der Waals surface area (Å²) < 4.78 is 0. The number of hydrogen-bond acceptors (Lipinski definition) is 4. The van der Waals surface area contributed by atoms with Crippen LogP contribution in [0.25, 0.3) is 0 Å². The van der Waals surface area contributed by atoms with Gasteiger partial charge in [-0.2, -0.15) is 0 Å². The first kappa shape index (κ1) is 15.1. The van der Waals surface area contributed by atoms with E-state index in [-0.39, 0.29) is 12.0 Å². The lowest BCUT2D eigenvalue weighted by Gasteiger charge is -2.18. The van der Waals surface area contributed by atoms with Gasteiger partial charge in [-0.05, 0) is 13.0 Å². The number of hydrogen-bond donors (Lipinski definition) is 1. The Morgan fingerprint density at radius 2 is 2.17 bits per heavy atom. The second kappa shape index (κ2) is 6.29. The van der Waals surface area contributed by atoms with Gasteiger partial charge in [-0.3, -0.25) is 9.69 Å². The molecule has 0 aliphatic heterocycles. The summed E-state index contributed by atoms with van der Waals surface area (Å²) in [6, 6.07) is 0. The van der Waals surface area contributed by atoms with Gasteiger partial charge in [0.05, 0.1) is 11.6 Å². The van der Waals surface area contributed by atoms with Crippen molar-refractivity contribution in [1.29, 1.82) is 0 Å². The average Bonchev–Trinajstić information content (AvgIpc) is 2.64. The molecule has 0 unspecified atom stereocenters. The van der Waals surface area contributed by atoms with E-state index in [1.54, 1.807) is 11.3 Å². The van der Waals surface area contributed by atoms with E-state index in [2.05, 4.69) is 32.7 Å². The van der Waals surface area contributed by atoms with E-state index in [0.717, 1.165) is 22.9 Å². The predicted octanol–water partition coefficient (Wildman–Crippen LogP) is 2.74. The molecule has 0 radical (unpaired) electrons. The molecule has 0 saturated carbocycles. The molecule has 0 bridgehead atoms. The lowest BCUT2D eigenvalue weighted by atomic mass is 9.98. The number of thiazole rings is 1. The molecule has 0 aliphatic rings. The Kier molecular flexibility index (Phi) is 5.28. The maximum atomic E-state index is 10.8. The van der Waals surface area contributed by atoms with E-state index < -0.39 is 5.97 Å². The van der Waals surface area contributed by atoms with Gasteiger partial charge in [0.15, 0.2) is 0 Å². The van der Waals surface area contributed by atoms with Crippen molar-refractivity contribution in [3.8, 4) is 0 Å². The van der Waals surface area contributed by atoms with E-state index in [0.29, 0.717) is 6.54 Å². The summed E-state index contributed by atoms with van der Waals surface area (Å²) in [6.07, 6.45) is 2.83. The van der Waals surface area contributed by atoms with Crippen molar-refractivity contribution < 1.29 is 9.90 Å². The summed E-state index contributed by atoms with van der Waals surface area (Å²) in [5.41, 5.74) is 0.0608. The van der Waals surface area contributed by atoms with Crippen LogP contribution in [-0.4, -0.2) is 34.0 Å². The lowest BCUT2D eigenvalue weighted by molar-refractivity contribution is -0.138. The molecule has 1 N–H and O–H groups in total. The highest BCUT2D eigenvalue weighted by atomic mass is 32.1. The molecule has 4 nitrogen and oxygen atoms in total. The molecular formula is C13H22N2O2S. The van der Waals surface area contributed by atoms with Gasteiger partial charge >= 0.3 is 5.97 Å². The van der Waals surface area contributed by atoms with Crippen molar-refractivity contribution in [3.05, 3.63) is 16.1 Å². The molecular weight excluding hydrogens is 248 g/mol. The quantitative estimate of drug-likeness (QED) is 0.863. The number of nitrogens with zero attached hydrogens (tertiary/aromatic N) is 2. The van der Waals surface area contributed by atoms with E-state index in [1.165, 1.54) is 0 Å². The van der Waals surface area contributed by atoms with Crippen LogP contribution in [0.1, 0.15) is 44.0 Å². The molecule has 0 atom stereocenters. The minimum Gasteiger partial charge on any atom is -0.480 e. The van der Waals surface area contributed by atoms with Gasteiger partial charge in [-0.1, -0.05) is 27.7 Å². The number of aliphatic carboxylic acids is 1. The number of carboxylic acid groups (broad SMARTS) is 1. The van der Waals surface area contributed by atoms with Crippen LogP contribution in [-0.2, 0) is 16.8 Å². The third kappa shape index (κ3) is 4.74. The zero-order valence-corrected chi connectivity index (χ0v) is 12.4. The van der Waals surface area contributed by atoms with E-state index >= 15 is 0 Å². The maximum absolute atomic E-state index is 10.8. The van der Waals surface area contributed by atoms with Crippen LogP contribution in [0.4, 0.5) is 0 Å². The molecule has 0 amide bonds. The van der Waals surface area contributed by atoms with Crippen LogP contribution in [0.2, 0.25) is 0 Å². The van der Waals surface area contributed by atoms with Crippen molar-refractivity contribution in [1.82, 2.24) is 9.88 Å². The van der Waals surface area contributed by atoms with E-state index in [1.807, 2.05) is 11.1 Å². The third-order valence-corrected chi connectivity index (χ3v) is 3.88. The van der Waals surface area contributed by atoms with E-state index in [9.17, 15) is 4.79 Å². The topological polar surface area (TPSA) is 53.4 Å². The van der Waals surface area contributed by atoms with Crippen LogP contribution < -0.4 is 0 Å². The molecule has 0 aromatic carbocycles. The fraction of sp³-hybridized carbons (Fsp3) is 0.692. The van der Waals surface area contributed by atoms with Crippen molar-refractivity contribution in [3.63, 3.8) is 0 Å². The van der Waals surface area contributed by atoms with Crippen LogP contribution in [0.5, 0.6) is 0 Å². The first-order valence-electron chi connectivity index (χ1n) is 6.22. The first-order valence-corrected chi connectivity index (χ1v) is 7.04. The fourth-order valence-electron chi connectivity index (χ4n) is 1.67. The van der Waals surface area contributed by atoms with Gasteiger partial charge in [0.25, 0.3) is 0 Å². The first-order chi connectivity index (χ1) is 8.32. The standard InChI is InChI=1S/C13H22N2O2S/c1-5-6-15(9-11(16)17)8-10-7-14-12(18-10)13(2,3)4/h7H,5-6,8-9H2,1-4H3,(H,16,17). The molecule has 1 heterocycles. The lowest BCUT2D eigenvalue weighted by Crippen LogP contribution is -2.29. The van der Waals surface area contributed by atoms with Gasteiger partial charge in [0, 0.05) is 23.0 Å². The van der Waals surface area contributed by atoms with Gasteiger partial charge in [-0.25, -0.2) is 4.98 Å². The molecule has 0 aliphatic carbocycles. The Bertz CT molecular complexity index is 396. The Hall–Kier alpha value is -0.940. The van der Waals surface area contributed by atoms with Crippen molar-refractivity contribution in [2.75, 3.05) is 13.1 Å². The predicted molar refractivity (Wildman–Crippen MR) is 74.0 cm³/mol. The smallest absolute Gasteiger partial charge is 0.317 e. The van der Waals surface area contributed by atoms with Gasteiger partial charge in [0.1, 0.15) is 0 Å². The Morgan fingerprint density at radius 1 is 1.50 bits per heavy atom. The zero-order valence-electron chi connectivity index (χ0n) is 11.6. The highest BCUT2D eigenvalue weighted by Gasteiger charge is 2.19. The highest BCUT2D eigenvalue weighted by Crippen LogP contribution is 2.27. The summed E-state index contributed by atoms with van der Waals surface area (Å²) in [5, 5.41) is 9.97. The van der Waals surface area contributed by atoms with Crippen molar-refractivity contribution in [2.24, 2.45) is 0 Å². The molecule has 18 heavy (non-hydrogen) atoms. The summed E-state index contributed by atoms with van der Waals surface area (Å²) in [4.78, 5) is 18.3. The number of aromatic nitrogens is 1. The zero-order chi connectivity index (χ0) is 13.8. The fourth-order valence-corrected chi connectivity index (χ4v) is 2.68. The summed E-state index contributed by atoms with van der Waals surface area (Å²) in [6.45, 7) is 10.0. The number of rotatable bonds is 6. The Labute approximate surface area is 113 Å². The minimum atomic E-state index is -0.774. The molecule has 1 rings (SSSR count). The third-order valence-electron chi connectivity index (χ3n) is 2.47. The second-order valence-corrected chi connectivity index (χ2v) is 6.60. The van der Waals surface area contributed by atoms with E-state index in [4.69, 9.17) is 5.11 Å². The van der Waals surface area contributed by atoms with Gasteiger partial charge < -0.3 is 5.11 Å². The SMILES string of the molecule is CCCN(CC(=O)O)Cc1cnc(C(C)(C)C)s1. The highest BCUT2D eigenvalue weighted by molar-refractivity contribution is 7.11. The molecule has 1 aromatic rings. The molecule has 0 fully saturated rings. The van der Waals surface area contributed by atoms with Crippen molar-refractivity contribution in [2.45, 2.75) is 46.1 Å². The van der Waals surface area contributed by atoms with Crippen LogP contribution >= 0.6 is 11.3 Å². The van der Waals surface area contributed by atoms with Gasteiger partial charge in [0.2, 0.25) is 0 Å². The average molecular weight is 270 g/mol. The number of carbonyl (C=O) groups is 1. The molecule has 1 aromatic heterocycles. The minimum absolute atomic E-state index is 0.0608. The molecule has 102 valence electrons. The summed E-state index contributed by atoms with van der Waals surface area (Å²) in [5.74, 6) is -0.774. The molecule has 5 heteroatoms.